The first-order valence-electron chi connectivity index (χ1n) is 2.71. The molecule has 2 N–H and O–H groups in total. The zero-order valence-electron chi connectivity index (χ0n) is 5.16. The van der Waals surface area contributed by atoms with Crippen molar-refractivity contribution in [1.82, 2.24) is 4.98 Å². The van der Waals surface area contributed by atoms with Crippen molar-refractivity contribution in [3.8, 4) is 0 Å². The Labute approximate surface area is 53.3 Å². The van der Waals surface area contributed by atoms with Crippen LogP contribution in [0.3, 0.4) is 0 Å². The molecule has 1 aromatic rings. The van der Waals surface area contributed by atoms with Gasteiger partial charge in [0.15, 0.2) is 0 Å². The number of nitrogens with two attached hydrogens (primary N) is 1. The van der Waals surface area contributed by atoms with Crippen LogP contribution in [0.25, 0.3) is 0 Å². The minimum atomic E-state index is 0.495. The van der Waals surface area contributed by atoms with E-state index >= 15 is 0 Å². The molecule has 0 amide bonds. The molecule has 0 fully saturated rings. The Morgan fingerprint density at radius 3 is 2.89 bits per heavy atom. The summed E-state index contributed by atoms with van der Waals surface area (Å²) in [6.45, 7) is 1.93. The van der Waals surface area contributed by atoms with Gasteiger partial charge in [0.05, 0.1) is 0 Å². The summed E-state index contributed by atoms with van der Waals surface area (Å²) in [7, 11) is 0. The molecule has 0 radical (unpaired) electrons. The van der Waals surface area contributed by atoms with E-state index in [1.165, 1.54) is 0 Å². The van der Waals surface area contributed by atoms with E-state index in [1.807, 2.05) is 13.0 Å². The van der Waals surface area contributed by atoms with Gasteiger partial charge >= 0.3 is 0 Å². The molecule has 3 heteroatoms. The molecule has 0 spiro atoms. The van der Waals surface area contributed by atoms with Crippen molar-refractivity contribution >= 4 is 5.82 Å². The Kier molecular flexibility index (Phi) is 1.77. The van der Waals surface area contributed by atoms with Crippen LogP contribution < -0.4 is 5.48 Å². The molecule has 0 saturated carbocycles. The number of quaternary nitrogens is 1. The molecule has 0 aliphatic carbocycles. The highest BCUT2D eigenvalue weighted by Gasteiger charge is 1.89. The van der Waals surface area contributed by atoms with Gasteiger partial charge in [-0.05, 0) is 18.6 Å². The molecule has 1 aromatic heterocycles. The summed E-state index contributed by atoms with van der Waals surface area (Å²) in [5.41, 5.74) is 1.81. The molecule has 48 valence electrons. The third-order valence-corrected chi connectivity index (χ3v) is 1.06. The summed E-state index contributed by atoms with van der Waals surface area (Å²) in [6, 6.07) is 3.60. The van der Waals surface area contributed by atoms with Gasteiger partial charge in [-0.2, -0.15) is 0 Å². The Balaban J connectivity index is 2.94. The number of hydrogen-bond acceptors (Lipinski definition) is 2. The smallest absolute Gasteiger partial charge is 0.224 e. The maximum absolute atomic E-state index is 10.1. The Morgan fingerprint density at radius 1 is 1.67 bits per heavy atom. The van der Waals surface area contributed by atoms with Crippen LogP contribution in [0.2, 0.25) is 0 Å². The van der Waals surface area contributed by atoms with Crippen LogP contribution in [0.5, 0.6) is 0 Å². The molecule has 0 atom stereocenters. The zero-order chi connectivity index (χ0) is 6.69. The first kappa shape index (κ1) is 6.19. The van der Waals surface area contributed by atoms with E-state index in [1.54, 1.807) is 12.3 Å². The van der Waals surface area contributed by atoms with Crippen LogP contribution in [-0.4, -0.2) is 4.98 Å². The molecule has 0 aliphatic heterocycles. The maximum atomic E-state index is 10.1. The molecule has 0 saturated heterocycles. The normalized spacial score (nSPS) is 9.56. The van der Waals surface area contributed by atoms with Gasteiger partial charge in [0.25, 0.3) is 0 Å². The van der Waals surface area contributed by atoms with Crippen LogP contribution in [0.4, 0.5) is 5.82 Å². The van der Waals surface area contributed by atoms with Gasteiger partial charge in [0.1, 0.15) is 0 Å². The summed E-state index contributed by atoms with van der Waals surface area (Å²) in [5.74, 6) is 0.495. The van der Waals surface area contributed by atoms with E-state index in [4.69, 9.17) is 0 Å². The van der Waals surface area contributed by atoms with Gasteiger partial charge in [-0.1, -0.05) is 0 Å². The van der Waals surface area contributed by atoms with Gasteiger partial charge < -0.3 is 10.7 Å². The number of hydrogen-bond donors (Lipinski definition) is 1. The largest absolute Gasteiger partial charge is 0.629 e. The van der Waals surface area contributed by atoms with E-state index in [9.17, 15) is 5.21 Å². The van der Waals surface area contributed by atoms with Crippen LogP contribution in [0, 0.1) is 12.1 Å². The lowest BCUT2D eigenvalue weighted by Crippen LogP contribution is -2.70. The van der Waals surface area contributed by atoms with Gasteiger partial charge in [-0.3, -0.25) is 0 Å². The Bertz CT molecular complexity index is 200. The summed E-state index contributed by atoms with van der Waals surface area (Å²) in [4.78, 5) is 3.79. The Morgan fingerprint density at radius 2 is 2.44 bits per heavy atom. The highest BCUT2D eigenvalue weighted by Crippen LogP contribution is 1.97. The highest BCUT2D eigenvalue weighted by molar-refractivity contribution is 5.22. The van der Waals surface area contributed by atoms with Gasteiger partial charge in [0, 0.05) is 12.3 Å². The topological polar surface area (TPSA) is 52.6 Å². The summed E-state index contributed by atoms with van der Waals surface area (Å²) in [5, 5.41) is 10.1. The van der Waals surface area contributed by atoms with Gasteiger partial charge in [0.2, 0.25) is 5.82 Å². The molecule has 9 heavy (non-hydrogen) atoms. The van der Waals surface area contributed by atoms with Crippen molar-refractivity contribution in [2.24, 2.45) is 0 Å². The van der Waals surface area contributed by atoms with Crippen molar-refractivity contribution in [2.75, 3.05) is 0 Å². The van der Waals surface area contributed by atoms with Gasteiger partial charge in [-0.25, -0.2) is 4.98 Å². The number of aromatic nitrogens is 1. The van der Waals surface area contributed by atoms with E-state index in [2.05, 4.69) is 4.98 Å². The Hall–Kier alpha value is -0.930. The first-order valence-corrected chi connectivity index (χ1v) is 2.71. The second-order valence-electron chi connectivity index (χ2n) is 1.88. The van der Waals surface area contributed by atoms with Crippen molar-refractivity contribution < 1.29 is 5.48 Å². The molecular weight excluding hydrogens is 116 g/mol. The standard InChI is InChI=1S/C6H8N2O/c1-5-2-3-7-6(4-5)8-9/h2-4H,8H2,1H3. The lowest BCUT2D eigenvalue weighted by molar-refractivity contribution is -0.501. The minimum absolute atomic E-state index is 0.495. The minimum Gasteiger partial charge on any atom is -0.629 e. The van der Waals surface area contributed by atoms with Crippen molar-refractivity contribution in [1.29, 1.82) is 0 Å². The molecule has 0 bridgehead atoms. The van der Waals surface area contributed by atoms with Crippen LogP contribution in [-0.2, 0) is 0 Å². The molecule has 0 aromatic carbocycles. The molecule has 1 heterocycles. The van der Waals surface area contributed by atoms with Crippen LogP contribution in [0.1, 0.15) is 5.56 Å². The van der Waals surface area contributed by atoms with E-state index in [0.29, 0.717) is 5.82 Å². The lowest BCUT2D eigenvalue weighted by Gasteiger charge is -1.98. The quantitative estimate of drug-likeness (QED) is 0.539. The maximum Gasteiger partial charge on any atom is 0.224 e. The summed E-state index contributed by atoms with van der Waals surface area (Å²) < 4.78 is 0. The first-order chi connectivity index (χ1) is 4.33. The highest BCUT2D eigenvalue weighted by atomic mass is 16.5. The molecular formula is C6H8N2O. The third kappa shape index (κ3) is 1.48. The van der Waals surface area contributed by atoms with Crippen molar-refractivity contribution in [3.63, 3.8) is 0 Å². The monoisotopic (exact) mass is 124 g/mol. The molecule has 0 unspecified atom stereocenters. The molecule has 1 rings (SSSR count). The summed E-state index contributed by atoms with van der Waals surface area (Å²) in [6.07, 6.45) is 1.62. The van der Waals surface area contributed by atoms with E-state index < -0.39 is 0 Å². The van der Waals surface area contributed by atoms with Crippen LogP contribution >= 0.6 is 0 Å². The SMILES string of the molecule is Cc1ccnc([NH2+][O-])c1. The number of rotatable bonds is 1. The van der Waals surface area contributed by atoms with Crippen LogP contribution in [0.15, 0.2) is 18.3 Å². The fourth-order valence-corrected chi connectivity index (χ4v) is 0.624. The second-order valence-corrected chi connectivity index (χ2v) is 1.88. The zero-order valence-corrected chi connectivity index (χ0v) is 5.16. The average molecular weight is 124 g/mol. The van der Waals surface area contributed by atoms with Crippen molar-refractivity contribution in [3.05, 3.63) is 29.1 Å². The molecule has 0 aliphatic rings. The lowest BCUT2D eigenvalue weighted by atomic mass is 10.3. The third-order valence-electron chi connectivity index (χ3n) is 1.06. The second kappa shape index (κ2) is 2.57. The molecule has 3 nitrogen and oxygen atoms in total. The fourth-order valence-electron chi connectivity index (χ4n) is 0.624. The van der Waals surface area contributed by atoms with Crippen molar-refractivity contribution in [2.45, 2.75) is 6.92 Å². The predicted octanol–water partition coefficient (Wildman–Crippen LogP) is 0.0827. The van der Waals surface area contributed by atoms with E-state index in [-0.39, 0.29) is 0 Å². The average Bonchev–Trinajstić information content (AvgIpc) is 1.88. The van der Waals surface area contributed by atoms with Gasteiger partial charge in [-0.15, -0.1) is 0 Å². The number of aryl methyl sites for hydroxylation is 1. The summed E-state index contributed by atoms with van der Waals surface area (Å²) >= 11 is 0. The fraction of sp³-hybridized carbons (Fsp3) is 0.167. The predicted molar refractivity (Wildman–Crippen MR) is 33.9 cm³/mol. The van der Waals surface area contributed by atoms with E-state index in [0.717, 1.165) is 11.0 Å². The number of pyridine rings is 1. The number of nitrogens with zero attached hydrogens (tertiary/aromatic N) is 1.